The number of nitrogen functional groups attached to an aromatic ring is 1. The number of nitrogens with one attached hydrogen (secondary N) is 1. The van der Waals surface area contributed by atoms with E-state index in [-0.39, 0.29) is 0 Å². The van der Waals surface area contributed by atoms with Gasteiger partial charge in [0, 0.05) is 31.1 Å². The van der Waals surface area contributed by atoms with E-state index in [0.29, 0.717) is 5.82 Å². The zero-order valence-electron chi connectivity index (χ0n) is 8.52. The first-order chi connectivity index (χ1) is 7.38. The van der Waals surface area contributed by atoms with Crippen LogP contribution < -0.4 is 11.3 Å². The van der Waals surface area contributed by atoms with E-state index in [0.717, 1.165) is 25.3 Å². The van der Waals surface area contributed by atoms with Gasteiger partial charge in [0.2, 0.25) is 0 Å². The lowest BCUT2D eigenvalue weighted by atomic mass is 10.4. The highest BCUT2D eigenvalue weighted by atomic mass is 32.2. The lowest BCUT2D eigenvalue weighted by Crippen LogP contribution is -2.32. The second kappa shape index (κ2) is 5.29. The topological polar surface area (TPSA) is 67.1 Å². The van der Waals surface area contributed by atoms with Crippen LogP contribution in [0.3, 0.4) is 0 Å². The van der Waals surface area contributed by atoms with Crippen molar-refractivity contribution in [2.75, 3.05) is 30.0 Å². The summed E-state index contributed by atoms with van der Waals surface area (Å²) in [6, 6.07) is 0. The van der Waals surface area contributed by atoms with Crippen LogP contribution >= 0.6 is 11.8 Å². The molecule has 15 heavy (non-hydrogen) atoms. The minimum Gasteiger partial charge on any atom is -0.307 e. The number of hydrazine groups is 1. The Labute approximate surface area is 93.4 Å². The number of anilines is 1. The van der Waals surface area contributed by atoms with Crippen LogP contribution in [-0.2, 0) is 6.54 Å². The number of thioether (sulfide) groups is 1. The fraction of sp³-hybridized carbons (Fsp3) is 0.556. The van der Waals surface area contributed by atoms with E-state index < -0.39 is 0 Å². The van der Waals surface area contributed by atoms with Crippen LogP contribution in [0.4, 0.5) is 5.82 Å². The molecule has 82 valence electrons. The molecule has 0 amide bonds. The molecular formula is C9H15N5S. The summed E-state index contributed by atoms with van der Waals surface area (Å²) < 4.78 is 0. The number of rotatable bonds is 3. The number of aromatic nitrogens is 2. The normalized spacial score (nSPS) is 17.7. The van der Waals surface area contributed by atoms with E-state index in [1.807, 2.05) is 11.8 Å². The minimum atomic E-state index is 0.605. The number of nitrogens with two attached hydrogens (primary N) is 1. The molecule has 1 aromatic rings. The van der Waals surface area contributed by atoms with E-state index in [2.05, 4.69) is 20.3 Å². The van der Waals surface area contributed by atoms with Crippen molar-refractivity contribution in [2.45, 2.75) is 6.54 Å². The molecule has 0 aliphatic carbocycles. The summed E-state index contributed by atoms with van der Waals surface area (Å²) in [7, 11) is 0. The largest absolute Gasteiger partial charge is 0.307 e. The molecule has 1 aromatic heterocycles. The van der Waals surface area contributed by atoms with Gasteiger partial charge in [0.15, 0.2) is 5.82 Å². The van der Waals surface area contributed by atoms with Crippen molar-refractivity contribution >= 4 is 17.6 Å². The van der Waals surface area contributed by atoms with Gasteiger partial charge in [-0.3, -0.25) is 9.88 Å². The molecule has 0 radical (unpaired) electrons. The van der Waals surface area contributed by atoms with E-state index in [9.17, 15) is 0 Å². The summed E-state index contributed by atoms with van der Waals surface area (Å²) in [5.74, 6) is 8.26. The lowest BCUT2D eigenvalue weighted by Gasteiger charge is -2.25. The van der Waals surface area contributed by atoms with Gasteiger partial charge in [-0.2, -0.15) is 11.8 Å². The van der Waals surface area contributed by atoms with Crippen molar-refractivity contribution in [3.63, 3.8) is 0 Å². The second-order valence-electron chi connectivity index (χ2n) is 3.43. The maximum absolute atomic E-state index is 5.22. The first-order valence-corrected chi connectivity index (χ1v) is 6.11. The molecule has 5 nitrogen and oxygen atoms in total. The summed E-state index contributed by atoms with van der Waals surface area (Å²) >= 11 is 2.01. The Morgan fingerprint density at radius 2 is 2.13 bits per heavy atom. The highest BCUT2D eigenvalue weighted by Gasteiger charge is 2.11. The van der Waals surface area contributed by atoms with Crippen LogP contribution in [0.25, 0.3) is 0 Å². The van der Waals surface area contributed by atoms with Gasteiger partial charge in [-0.25, -0.2) is 10.8 Å². The Hall–Kier alpha value is -0.850. The highest BCUT2D eigenvalue weighted by Crippen LogP contribution is 2.11. The maximum Gasteiger partial charge on any atom is 0.158 e. The van der Waals surface area contributed by atoms with E-state index in [4.69, 9.17) is 5.84 Å². The van der Waals surface area contributed by atoms with Crippen molar-refractivity contribution in [1.29, 1.82) is 0 Å². The average molecular weight is 225 g/mol. The van der Waals surface area contributed by atoms with Crippen molar-refractivity contribution in [3.8, 4) is 0 Å². The Balaban J connectivity index is 1.91. The standard InChI is InChI=1S/C9H15N5S/c10-13-9-6-11-8(5-12-9)7-14-1-3-15-4-2-14/h5-6H,1-4,7,10H2,(H,12,13). The molecule has 0 aromatic carbocycles. The van der Waals surface area contributed by atoms with Gasteiger partial charge < -0.3 is 5.43 Å². The summed E-state index contributed by atoms with van der Waals surface area (Å²) in [6.07, 6.45) is 3.44. The van der Waals surface area contributed by atoms with Crippen LogP contribution in [0.5, 0.6) is 0 Å². The molecule has 2 rings (SSSR count). The molecule has 6 heteroatoms. The van der Waals surface area contributed by atoms with Gasteiger partial charge in [0.25, 0.3) is 0 Å². The predicted octanol–water partition coefficient (Wildman–Crippen LogP) is 0.311. The van der Waals surface area contributed by atoms with E-state index in [1.165, 1.54) is 11.5 Å². The van der Waals surface area contributed by atoms with Crippen LogP contribution in [-0.4, -0.2) is 39.5 Å². The smallest absolute Gasteiger partial charge is 0.158 e. The zero-order valence-corrected chi connectivity index (χ0v) is 9.33. The number of nitrogens with zero attached hydrogens (tertiary/aromatic N) is 3. The molecule has 3 N–H and O–H groups in total. The molecule has 0 bridgehead atoms. The van der Waals surface area contributed by atoms with Gasteiger partial charge in [-0.05, 0) is 0 Å². The van der Waals surface area contributed by atoms with Crippen LogP contribution in [0.2, 0.25) is 0 Å². The van der Waals surface area contributed by atoms with E-state index >= 15 is 0 Å². The molecule has 0 atom stereocenters. The third kappa shape index (κ3) is 3.05. The van der Waals surface area contributed by atoms with Crippen molar-refractivity contribution < 1.29 is 0 Å². The van der Waals surface area contributed by atoms with Crippen LogP contribution in [0, 0.1) is 0 Å². The Morgan fingerprint density at radius 1 is 1.33 bits per heavy atom. The molecule has 0 saturated carbocycles. The van der Waals surface area contributed by atoms with Crippen molar-refractivity contribution in [2.24, 2.45) is 5.84 Å². The fourth-order valence-corrected chi connectivity index (χ4v) is 2.48. The highest BCUT2D eigenvalue weighted by molar-refractivity contribution is 7.99. The van der Waals surface area contributed by atoms with Gasteiger partial charge in [0.1, 0.15) is 0 Å². The second-order valence-corrected chi connectivity index (χ2v) is 4.65. The predicted molar refractivity (Wildman–Crippen MR) is 62.4 cm³/mol. The Kier molecular flexibility index (Phi) is 3.76. The monoisotopic (exact) mass is 225 g/mol. The zero-order chi connectivity index (χ0) is 10.5. The molecule has 1 aliphatic heterocycles. The molecule has 0 unspecified atom stereocenters. The number of hydrogen-bond donors (Lipinski definition) is 2. The van der Waals surface area contributed by atoms with Gasteiger partial charge >= 0.3 is 0 Å². The lowest BCUT2D eigenvalue weighted by molar-refractivity contribution is 0.290. The summed E-state index contributed by atoms with van der Waals surface area (Å²) in [5, 5.41) is 0. The molecule has 0 spiro atoms. The Bertz CT molecular complexity index is 296. The number of hydrogen-bond acceptors (Lipinski definition) is 6. The summed E-state index contributed by atoms with van der Waals surface area (Å²) in [5.41, 5.74) is 3.47. The molecule has 1 fully saturated rings. The van der Waals surface area contributed by atoms with Crippen LogP contribution in [0.15, 0.2) is 12.4 Å². The minimum absolute atomic E-state index is 0.605. The fourth-order valence-electron chi connectivity index (χ4n) is 1.50. The van der Waals surface area contributed by atoms with Crippen LogP contribution in [0.1, 0.15) is 5.69 Å². The third-order valence-corrected chi connectivity index (χ3v) is 3.29. The van der Waals surface area contributed by atoms with Crippen molar-refractivity contribution in [1.82, 2.24) is 14.9 Å². The van der Waals surface area contributed by atoms with E-state index in [1.54, 1.807) is 12.4 Å². The molecule has 2 heterocycles. The SMILES string of the molecule is NNc1cnc(CN2CCSCC2)cn1. The van der Waals surface area contributed by atoms with Gasteiger partial charge in [0.05, 0.1) is 18.1 Å². The summed E-state index contributed by atoms with van der Waals surface area (Å²) in [6.45, 7) is 3.17. The first-order valence-electron chi connectivity index (χ1n) is 4.96. The molecule has 1 saturated heterocycles. The first kappa shape index (κ1) is 10.7. The Morgan fingerprint density at radius 3 is 2.73 bits per heavy atom. The van der Waals surface area contributed by atoms with Crippen molar-refractivity contribution in [3.05, 3.63) is 18.1 Å². The molecule has 1 aliphatic rings. The quantitative estimate of drug-likeness (QED) is 0.570. The maximum atomic E-state index is 5.22. The third-order valence-electron chi connectivity index (χ3n) is 2.34. The average Bonchev–Trinajstić information content (AvgIpc) is 2.31. The van der Waals surface area contributed by atoms with Gasteiger partial charge in [-0.15, -0.1) is 0 Å². The summed E-state index contributed by atoms with van der Waals surface area (Å²) in [4.78, 5) is 10.8. The molecular weight excluding hydrogens is 210 g/mol. The van der Waals surface area contributed by atoms with Gasteiger partial charge in [-0.1, -0.05) is 0 Å².